The fraction of sp³-hybridized carbons (Fsp3) is 0.259. The van der Waals surface area contributed by atoms with Crippen molar-refractivity contribution in [3.8, 4) is 5.75 Å². The Morgan fingerprint density at radius 2 is 1.94 bits per heavy atom. The van der Waals surface area contributed by atoms with Crippen LogP contribution < -0.4 is 15.5 Å². The normalized spacial score (nSPS) is 12.6. The van der Waals surface area contributed by atoms with Gasteiger partial charge in [-0.3, -0.25) is 4.79 Å². The summed E-state index contributed by atoms with van der Waals surface area (Å²) < 4.78 is 10.6. The van der Waals surface area contributed by atoms with Crippen molar-refractivity contribution in [2.45, 2.75) is 38.8 Å². The Labute approximate surface area is 208 Å². The molecular weight excluding hydrogens is 458 g/mol. The number of carbonyl (C=O) groups is 2. The monoisotopic (exact) mass is 487 g/mol. The minimum Gasteiger partial charge on any atom is -0.497 e. The van der Waals surface area contributed by atoms with Gasteiger partial charge in [0.25, 0.3) is 5.91 Å². The summed E-state index contributed by atoms with van der Waals surface area (Å²) in [6.45, 7) is 5.29. The number of H-pyrrole nitrogens is 1. The quantitative estimate of drug-likeness (QED) is 0.265. The second-order valence-corrected chi connectivity index (χ2v) is 9.29. The highest BCUT2D eigenvalue weighted by atomic mass is 16.6. The number of pyridine rings is 1. The lowest BCUT2D eigenvalue weighted by atomic mass is 10.0. The molecule has 0 spiro atoms. The van der Waals surface area contributed by atoms with Crippen molar-refractivity contribution in [3.05, 3.63) is 72.1 Å². The standard InChI is InChI=1S/C27H29N5O4/c1-27(2,3)36-26(34)31-24(14-18-15-28-23-8-6-5-7-21(18)23)25(33)32-29-16-19-10-9-17-13-20(35-4)11-12-22(17)30-19/h5-13,15-16,24,28H,14H2,1-4H3,(H,31,34)(H,32,33)/b29-16+/t24-/m0/s1. The molecule has 0 saturated carbocycles. The number of hydrogen-bond donors (Lipinski definition) is 3. The van der Waals surface area contributed by atoms with Gasteiger partial charge in [0, 0.05) is 28.9 Å². The third-order valence-electron chi connectivity index (χ3n) is 5.40. The molecule has 0 bridgehead atoms. The smallest absolute Gasteiger partial charge is 0.408 e. The topological polar surface area (TPSA) is 118 Å². The zero-order chi connectivity index (χ0) is 25.7. The van der Waals surface area contributed by atoms with Crippen LogP contribution in [0.5, 0.6) is 5.75 Å². The van der Waals surface area contributed by atoms with Crippen LogP contribution in [-0.4, -0.2) is 46.9 Å². The maximum absolute atomic E-state index is 13.0. The number of fused-ring (bicyclic) bond motifs is 2. The number of methoxy groups -OCH3 is 1. The van der Waals surface area contributed by atoms with E-state index in [9.17, 15) is 9.59 Å². The van der Waals surface area contributed by atoms with E-state index in [0.29, 0.717) is 5.69 Å². The van der Waals surface area contributed by atoms with E-state index >= 15 is 0 Å². The van der Waals surface area contributed by atoms with Crippen LogP contribution in [0.15, 0.2) is 65.9 Å². The number of rotatable bonds is 7. The van der Waals surface area contributed by atoms with Gasteiger partial charge in [0.1, 0.15) is 17.4 Å². The lowest BCUT2D eigenvalue weighted by Gasteiger charge is -2.22. The highest BCUT2D eigenvalue weighted by Gasteiger charge is 2.25. The number of para-hydroxylation sites is 1. The summed E-state index contributed by atoms with van der Waals surface area (Å²) in [5.74, 6) is 0.268. The Bertz CT molecular complexity index is 1420. The lowest BCUT2D eigenvalue weighted by molar-refractivity contribution is -0.123. The third-order valence-corrected chi connectivity index (χ3v) is 5.40. The van der Waals surface area contributed by atoms with Crippen LogP contribution in [0, 0.1) is 0 Å². The second kappa shape index (κ2) is 10.5. The molecule has 3 N–H and O–H groups in total. The third kappa shape index (κ3) is 6.18. The van der Waals surface area contributed by atoms with E-state index in [2.05, 4.69) is 25.8 Å². The van der Waals surface area contributed by atoms with Crippen molar-refractivity contribution in [2.75, 3.05) is 7.11 Å². The lowest BCUT2D eigenvalue weighted by Crippen LogP contribution is -2.48. The predicted octanol–water partition coefficient (Wildman–Crippen LogP) is 4.31. The minimum atomic E-state index is -0.909. The van der Waals surface area contributed by atoms with Gasteiger partial charge >= 0.3 is 6.09 Å². The molecular formula is C27H29N5O4. The molecule has 0 radical (unpaired) electrons. The van der Waals surface area contributed by atoms with Gasteiger partial charge in [0.15, 0.2) is 0 Å². The van der Waals surface area contributed by atoms with E-state index in [1.807, 2.05) is 54.7 Å². The van der Waals surface area contributed by atoms with Crippen LogP contribution in [0.2, 0.25) is 0 Å². The molecule has 186 valence electrons. The number of benzene rings is 2. The molecule has 0 aliphatic heterocycles. The SMILES string of the molecule is COc1ccc2nc(/C=N/NC(=O)[C@H](Cc3c[nH]c4ccccc34)NC(=O)OC(C)(C)C)ccc2c1. The van der Waals surface area contributed by atoms with Crippen LogP contribution in [0.1, 0.15) is 32.0 Å². The number of amides is 2. The Morgan fingerprint density at radius 1 is 1.14 bits per heavy atom. The molecule has 2 aromatic carbocycles. The number of nitrogens with zero attached hydrogens (tertiary/aromatic N) is 2. The molecule has 4 aromatic rings. The van der Waals surface area contributed by atoms with Crippen molar-refractivity contribution in [2.24, 2.45) is 5.10 Å². The van der Waals surface area contributed by atoms with E-state index in [0.717, 1.165) is 33.1 Å². The zero-order valence-corrected chi connectivity index (χ0v) is 20.7. The van der Waals surface area contributed by atoms with Crippen molar-refractivity contribution in [1.82, 2.24) is 20.7 Å². The van der Waals surface area contributed by atoms with Crippen molar-refractivity contribution < 1.29 is 19.1 Å². The van der Waals surface area contributed by atoms with Crippen LogP contribution in [0.25, 0.3) is 21.8 Å². The molecule has 4 rings (SSSR count). The van der Waals surface area contributed by atoms with Crippen LogP contribution in [0.3, 0.4) is 0 Å². The summed E-state index contributed by atoms with van der Waals surface area (Å²) >= 11 is 0. The first-order valence-electron chi connectivity index (χ1n) is 11.5. The van der Waals surface area contributed by atoms with Gasteiger partial charge in [-0.25, -0.2) is 15.2 Å². The van der Waals surface area contributed by atoms with Gasteiger partial charge in [-0.1, -0.05) is 24.3 Å². The van der Waals surface area contributed by atoms with Gasteiger partial charge in [0.05, 0.1) is 24.5 Å². The average molecular weight is 488 g/mol. The van der Waals surface area contributed by atoms with Crippen molar-refractivity contribution >= 4 is 40.0 Å². The molecule has 0 fully saturated rings. The molecule has 9 heteroatoms. The summed E-state index contributed by atoms with van der Waals surface area (Å²) in [6.07, 6.45) is 2.86. The first-order valence-corrected chi connectivity index (χ1v) is 11.5. The highest BCUT2D eigenvalue weighted by molar-refractivity contribution is 5.90. The Kier molecular flexibility index (Phi) is 7.19. The number of hydrogen-bond acceptors (Lipinski definition) is 6. The number of nitrogens with one attached hydrogen (secondary N) is 3. The van der Waals surface area contributed by atoms with E-state index in [-0.39, 0.29) is 6.42 Å². The number of ether oxygens (including phenoxy) is 2. The summed E-state index contributed by atoms with van der Waals surface area (Å²) in [6, 6.07) is 16.1. The van der Waals surface area contributed by atoms with Crippen molar-refractivity contribution in [3.63, 3.8) is 0 Å². The van der Waals surface area contributed by atoms with Crippen LogP contribution in [-0.2, 0) is 16.0 Å². The number of aromatic amines is 1. The zero-order valence-electron chi connectivity index (χ0n) is 20.7. The average Bonchev–Trinajstić information content (AvgIpc) is 3.25. The van der Waals surface area contributed by atoms with Gasteiger partial charge in [-0.05, 0) is 56.7 Å². The predicted molar refractivity (Wildman–Crippen MR) is 139 cm³/mol. The molecule has 0 unspecified atom stereocenters. The summed E-state index contributed by atoms with van der Waals surface area (Å²) in [7, 11) is 1.61. The van der Waals surface area contributed by atoms with Gasteiger partial charge in [0.2, 0.25) is 0 Å². The maximum Gasteiger partial charge on any atom is 0.408 e. The molecule has 0 saturated heterocycles. The molecule has 0 aliphatic rings. The van der Waals surface area contributed by atoms with E-state index in [1.165, 1.54) is 6.21 Å². The number of hydrazone groups is 1. The van der Waals surface area contributed by atoms with Crippen LogP contribution in [0.4, 0.5) is 4.79 Å². The second-order valence-electron chi connectivity index (χ2n) is 9.29. The Morgan fingerprint density at radius 3 is 2.72 bits per heavy atom. The number of carbonyl (C=O) groups excluding carboxylic acids is 2. The summed E-state index contributed by atoms with van der Waals surface area (Å²) in [4.78, 5) is 33.2. The van der Waals surface area contributed by atoms with E-state index < -0.39 is 23.6 Å². The Hall–Kier alpha value is -4.40. The number of alkyl carbamates (subject to hydrolysis) is 1. The minimum absolute atomic E-state index is 0.251. The van der Waals surface area contributed by atoms with Gasteiger partial charge in [-0.15, -0.1) is 0 Å². The maximum atomic E-state index is 13.0. The van der Waals surface area contributed by atoms with E-state index in [4.69, 9.17) is 9.47 Å². The molecule has 1 atom stereocenters. The molecule has 0 aliphatic carbocycles. The fourth-order valence-electron chi connectivity index (χ4n) is 3.74. The van der Waals surface area contributed by atoms with Gasteiger partial charge < -0.3 is 19.8 Å². The molecule has 36 heavy (non-hydrogen) atoms. The Balaban J connectivity index is 1.49. The molecule has 2 aromatic heterocycles. The highest BCUT2D eigenvalue weighted by Crippen LogP contribution is 2.20. The first kappa shape index (κ1) is 24.7. The largest absolute Gasteiger partial charge is 0.497 e. The first-order chi connectivity index (χ1) is 17.2. The molecule has 2 amide bonds. The summed E-state index contributed by atoms with van der Waals surface area (Å²) in [5, 5.41) is 8.64. The van der Waals surface area contributed by atoms with Crippen molar-refractivity contribution in [1.29, 1.82) is 0 Å². The fourth-order valence-corrected chi connectivity index (χ4v) is 3.74. The molecule has 9 nitrogen and oxygen atoms in total. The van der Waals surface area contributed by atoms with Crippen LogP contribution >= 0.6 is 0 Å². The summed E-state index contributed by atoms with van der Waals surface area (Å²) in [5.41, 5.74) is 4.99. The van der Waals surface area contributed by atoms with Gasteiger partial charge in [-0.2, -0.15) is 5.10 Å². The van der Waals surface area contributed by atoms with E-state index in [1.54, 1.807) is 33.9 Å². The number of aromatic nitrogens is 2. The molecule has 2 heterocycles.